The number of hydrogen-bond donors (Lipinski definition) is 0. The number of carbonyl (C=O) groups excluding carboxylic acids is 2. The van der Waals surface area contributed by atoms with E-state index in [1.165, 1.54) is 38.7 Å². The van der Waals surface area contributed by atoms with Crippen LogP contribution in [-0.2, 0) is 19.1 Å². The quantitative estimate of drug-likeness (QED) is 0.357. The van der Waals surface area contributed by atoms with E-state index in [1.807, 2.05) is 0 Å². The fourth-order valence-electron chi connectivity index (χ4n) is 7.78. The first kappa shape index (κ1) is 23.1. The van der Waals surface area contributed by atoms with Crippen molar-refractivity contribution in [2.75, 3.05) is 5.33 Å². The molecular formula is C26H37BrO4. The summed E-state index contributed by atoms with van der Waals surface area (Å²) >= 11 is 3.73. The number of halogens is 1. The van der Waals surface area contributed by atoms with E-state index in [0.29, 0.717) is 29.6 Å². The Morgan fingerprint density at radius 2 is 1.81 bits per heavy atom. The van der Waals surface area contributed by atoms with E-state index in [0.717, 1.165) is 24.1 Å². The van der Waals surface area contributed by atoms with Gasteiger partial charge in [-0.2, -0.15) is 0 Å². The highest BCUT2D eigenvalue weighted by Gasteiger charge is 2.60. The fourth-order valence-corrected chi connectivity index (χ4v) is 8.23. The Morgan fingerprint density at radius 3 is 2.45 bits per heavy atom. The number of alkyl halides is 1. The van der Waals surface area contributed by atoms with E-state index in [2.05, 4.69) is 48.9 Å². The van der Waals surface area contributed by atoms with Crippen molar-refractivity contribution < 1.29 is 19.1 Å². The highest BCUT2D eigenvalue weighted by Crippen LogP contribution is 2.66. The van der Waals surface area contributed by atoms with Crippen molar-refractivity contribution in [1.29, 1.82) is 0 Å². The number of allylic oxidation sites excluding steroid dienone is 3. The monoisotopic (exact) mass is 492 g/mol. The summed E-state index contributed by atoms with van der Waals surface area (Å²) in [6.45, 7) is 10.1. The van der Waals surface area contributed by atoms with Gasteiger partial charge in [-0.3, -0.25) is 9.59 Å². The van der Waals surface area contributed by atoms with Crippen LogP contribution in [0.5, 0.6) is 0 Å². The van der Waals surface area contributed by atoms with Crippen molar-refractivity contribution in [3.63, 3.8) is 0 Å². The molecule has 0 saturated heterocycles. The molecule has 0 radical (unpaired) electrons. The maximum Gasteiger partial charge on any atom is 0.302 e. The molecule has 4 aliphatic rings. The van der Waals surface area contributed by atoms with Crippen molar-refractivity contribution in [3.05, 3.63) is 23.3 Å². The molecule has 0 aromatic rings. The molecule has 0 aliphatic heterocycles. The SMILES string of the molecule is CC(=O)O[C@@H]1CC2=CC=C3[C@@H]4CC[C@H](C(C)CBr)[C@@]4(C)CC[C@@H]3[C@@]2(C)[C@@H](OC(C)=O)C1. The molecule has 4 nitrogen and oxygen atoms in total. The van der Waals surface area contributed by atoms with Gasteiger partial charge in [-0.1, -0.05) is 60.0 Å². The molecule has 5 heteroatoms. The van der Waals surface area contributed by atoms with Gasteiger partial charge in [-0.05, 0) is 54.8 Å². The molecule has 4 aliphatic carbocycles. The van der Waals surface area contributed by atoms with E-state index in [9.17, 15) is 9.59 Å². The average molecular weight is 493 g/mol. The molecule has 3 saturated carbocycles. The first-order valence-electron chi connectivity index (χ1n) is 11.9. The second-order valence-corrected chi connectivity index (χ2v) is 11.5. The Balaban J connectivity index is 1.70. The molecule has 0 heterocycles. The number of hydrogen-bond acceptors (Lipinski definition) is 4. The van der Waals surface area contributed by atoms with Crippen molar-refractivity contribution in [2.24, 2.45) is 34.5 Å². The van der Waals surface area contributed by atoms with Gasteiger partial charge in [0.25, 0.3) is 0 Å². The zero-order valence-corrected chi connectivity index (χ0v) is 21.2. The molecule has 172 valence electrons. The zero-order valence-electron chi connectivity index (χ0n) is 19.6. The summed E-state index contributed by atoms with van der Waals surface area (Å²) in [7, 11) is 0. The highest BCUT2D eigenvalue weighted by atomic mass is 79.9. The molecule has 3 fully saturated rings. The van der Waals surface area contributed by atoms with E-state index in [-0.39, 0.29) is 29.6 Å². The molecule has 0 aromatic carbocycles. The van der Waals surface area contributed by atoms with Crippen LogP contribution in [0.4, 0.5) is 0 Å². The number of esters is 2. The van der Waals surface area contributed by atoms with Gasteiger partial charge in [0.2, 0.25) is 0 Å². The van der Waals surface area contributed by atoms with Gasteiger partial charge in [0, 0.05) is 37.4 Å². The lowest BCUT2D eigenvalue weighted by molar-refractivity contribution is -0.165. The maximum atomic E-state index is 12.0. The zero-order chi connectivity index (χ0) is 22.6. The Hall–Kier alpha value is -1.10. The van der Waals surface area contributed by atoms with Crippen LogP contribution in [-0.4, -0.2) is 29.5 Å². The minimum absolute atomic E-state index is 0.215. The van der Waals surface area contributed by atoms with Gasteiger partial charge in [-0.15, -0.1) is 0 Å². The molecule has 8 atom stereocenters. The lowest BCUT2D eigenvalue weighted by atomic mass is 9.49. The topological polar surface area (TPSA) is 52.6 Å². The van der Waals surface area contributed by atoms with Gasteiger partial charge in [0.05, 0.1) is 0 Å². The molecule has 0 spiro atoms. The summed E-state index contributed by atoms with van der Waals surface area (Å²) in [5.41, 5.74) is 2.99. The summed E-state index contributed by atoms with van der Waals surface area (Å²) in [5.74, 6) is 1.92. The standard InChI is InChI=1S/C26H37BrO4/c1-15(14-27)21-8-9-22-20-7-6-18-12-19(30-16(2)28)13-24(31-17(3)29)26(18,5)23(20)10-11-25(21,22)4/h6-7,15,19,21-24H,8-14H2,1-5H3/t15?,19-,21-,22+,23+,24+,25-,26+/m1/s1. The predicted octanol–water partition coefficient (Wildman–Crippen LogP) is 5.99. The lowest BCUT2D eigenvalue weighted by Crippen LogP contribution is -2.54. The number of ether oxygens (including phenoxy) is 2. The van der Waals surface area contributed by atoms with E-state index >= 15 is 0 Å². The molecule has 0 N–H and O–H groups in total. The van der Waals surface area contributed by atoms with Gasteiger partial charge in [-0.25, -0.2) is 0 Å². The minimum Gasteiger partial charge on any atom is -0.462 e. The van der Waals surface area contributed by atoms with Crippen molar-refractivity contribution in [3.8, 4) is 0 Å². The van der Waals surface area contributed by atoms with Crippen LogP contribution in [0.15, 0.2) is 23.3 Å². The van der Waals surface area contributed by atoms with Crippen molar-refractivity contribution in [2.45, 2.75) is 85.4 Å². The number of fused-ring (bicyclic) bond motifs is 5. The van der Waals surface area contributed by atoms with Gasteiger partial charge in [0.15, 0.2) is 0 Å². The third-order valence-corrected chi connectivity index (χ3v) is 10.3. The molecule has 0 bridgehead atoms. The summed E-state index contributed by atoms with van der Waals surface area (Å²) in [6, 6.07) is 0. The Kier molecular flexibility index (Phi) is 6.22. The van der Waals surface area contributed by atoms with Crippen molar-refractivity contribution >= 4 is 27.9 Å². The Morgan fingerprint density at radius 1 is 1.10 bits per heavy atom. The lowest BCUT2D eigenvalue weighted by Gasteiger charge is -2.57. The maximum absolute atomic E-state index is 12.0. The molecule has 0 aromatic heterocycles. The van der Waals surface area contributed by atoms with E-state index in [1.54, 1.807) is 5.57 Å². The van der Waals surface area contributed by atoms with Gasteiger partial charge < -0.3 is 9.47 Å². The van der Waals surface area contributed by atoms with Crippen LogP contribution in [0.2, 0.25) is 0 Å². The third kappa shape index (κ3) is 3.73. The van der Waals surface area contributed by atoms with Crippen molar-refractivity contribution in [1.82, 2.24) is 0 Å². The second kappa shape index (κ2) is 8.35. The first-order chi connectivity index (χ1) is 14.6. The molecule has 4 rings (SSSR count). The van der Waals surface area contributed by atoms with Crippen LogP contribution < -0.4 is 0 Å². The van der Waals surface area contributed by atoms with Crippen LogP contribution in [0.25, 0.3) is 0 Å². The van der Waals surface area contributed by atoms with Crippen LogP contribution in [0.1, 0.15) is 73.1 Å². The third-order valence-electron chi connectivity index (χ3n) is 9.24. The Bertz CT molecular complexity index is 816. The molecular weight excluding hydrogens is 456 g/mol. The number of carbonyl (C=O) groups is 2. The number of rotatable bonds is 4. The fraction of sp³-hybridized carbons (Fsp3) is 0.769. The summed E-state index contributed by atoms with van der Waals surface area (Å²) < 4.78 is 11.5. The normalized spacial score (nSPS) is 42.3. The smallest absolute Gasteiger partial charge is 0.302 e. The summed E-state index contributed by atoms with van der Waals surface area (Å²) in [4.78, 5) is 23.6. The van der Waals surface area contributed by atoms with Gasteiger partial charge >= 0.3 is 11.9 Å². The Labute approximate surface area is 195 Å². The highest BCUT2D eigenvalue weighted by molar-refractivity contribution is 9.09. The van der Waals surface area contributed by atoms with E-state index < -0.39 is 0 Å². The first-order valence-corrected chi connectivity index (χ1v) is 13.0. The predicted molar refractivity (Wildman–Crippen MR) is 125 cm³/mol. The minimum atomic E-state index is -0.269. The molecule has 31 heavy (non-hydrogen) atoms. The molecule has 1 unspecified atom stereocenters. The summed E-state index contributed by atoms with van der Waals surface area (Å²) in [6.07, 6.45) is 10.4. The largest absolute Gasteiger partial charge is 0.462 e. The molecule has 0 amide bonds. The summed E-state index contributed by atoms with van der Waals surface area (Å²) in [5, 5.41) is 1.07. The van der Waals surface area contributed by atoms with Gasteiger partial charge in [0.1, 0.15) is 12.2 Å². The van der Waals surface area contributed by atoms with Crippen LogP contribution in [0, 0.1) is 34.5 Å². The second-order valence-electron chi connectivity index (χ2n) is 10.9. The average Bonchev–Trinajstić information content (AvgIpc) is 3.04. The van der Waals surface area contributed by atoms with E-state index in [4.69, 9.17) is 9.47 Å². The van der Waals surface area contributed by atoms with Crippen LogP contribution in [0.3, 0.4) is 0 Å². The van der Waals surface area contributed by atoms with Crippen LogP contribution >= 0.6 is 15.9 Å².